The van der Waals surface area contributed by atoms with Gasteiger partial charge in [-0.25, -0.2) is 4.39 Å². The van der Waals surface area contributed by atoms with Crippen molar-refractivity contribution in [1.29, 1.82) is 0 Å². The first kappa shape index (κ1) is 18.9. The van der Waals surface area contributed by atoms with Crippen LogP contribution >= 0.6 is 0 Å². The summed E-state index contributed by atoms with van der Waals surface area (Å²) in [5.74, 6) is -0.431. The second-order valence-electron chi connectivity index (χ2n) is 6.83. The Morgan fingerprint density at radius 1 is 0.931 bits per heavy atom. The van der Waals surface area contributed by atoms with Gasteiger partial charge in [0.05, 0.1) is 17.9 Å². The third-order valence-electron chi connectivity index (χ3n) is 4.97. The molecule has 3 heterocycles. The lowest BCUT2D eigenvalue weighted by molar-refractivity contribution is 0.0945. The lowest BCUT2D eigenvalue weighted by Gasteiger charge is -2.37. The summed E-state index contributed by atoms with van der Waals surface area (Å²) in [5.41, 5.74) is 2.74. The minimum absolute atomic E-state index is 0.197. The van der Waals surface area contributed by atoms with Crippen molar-refractivity contribution in [1.82, 2.24) is 15.3 Å². The molecule has 6 nitrogen and oxygen atoms in total. The Kier molecular flexibility index (Phi) is 5.65. The number of nitrogens with one attached hydrogen (secondary N) is 1. The predicted octanol–water partition coefficient (Wildman–Crippen LogP) is 2.87. The van der Waals surface area contributed by atoms with E-state index < -0.39 is 0 Å². The van der Waals surface area contributed by atoms with Gasteiger partial charge in [-0.2, -0.15) is 0 Å². The second kappa shape index (κ2) is 8.68. The fourth-order valence-corrected chi connectivity index (χ4v) is 3.42. The average molecular weight is 391 g/mol. The molecule has 0 atom stereocenters. The maximum atomic E-state index is 14.0. The molecule has 7 heteroatoms. The zero-order chi connectivity index (χ0) is 20.1. The van der Waals surface area contributed by atoms with Gasteiger partial charge in [0.2, 0.25) is 0 Å². The number of para-hydroxylation sites is 1. The minimum atomic E-state index is -0.234. The van der Waals surface area contributed by atoms with E-state index in [2.05, 4.69) is 20.2 Å². The molecular weight excluding hydrogens is 369 g/mol. The maximum absolute atomic E-state index is 14.0. The fourth-order valence-electron chi connectivity index (χ4n) is 3.42. The SMILES string of the molecule is O=C(NCc1ccccn1)c1cc(N2CCN(c3ccccc3F)CC2)ccn1. The van der Waals surface area contributed by atoms with E-state index in [1.807, 2.05) is 41.3 Å². The summed E-state index contributed by atoms with van der Waals surface area (Å²) >= 11 is 0. The van der Waals surface area contributed by atoms with Crippen LogP contribution in [-0.2, 0) is 6.54 Å². The molecule has 0 saturated carbocycles. The van der Waals surface area contributed by atoms with E-state index in [-0.39, 0.29) is 11.7 Å². The number of rotatable bonds is 5. The van der Waals surface area contributed by atoms with E-state index in [4.69, 9.17) is 0 Å². The van der Waals surface area contributed by atoms with E-state index in [0.29, 0.717) is 31.0 Å². The van der Waals surface area contributed by atoms with Crippen LogP contribution in [0, 0.1) is 5.82 Å². The highest BCUT2D eigenvalue weighted by Gasteiger charge is 2.20. The normalized spacial score (nSPS) is 14.0. The highest BCUT2D eigenvalue weighted by Crippen LogP contribution is 2.23. The van der Waals surface area contributed by atoms with Crippen molar-refractivity contribution in [2.75, 3.05) is 36.0 Å². The van der Waals surface area contributed by atoms with Crippen molar-refractivity contribution in [3.05, 3.63) is 84.2 Å². The number of halogens is 1. The number of piperazine rings is 1. The van der Waals surface area contributed by atoms with E-state index in [1.54, 1.807) is 24.5 Å². The van der Waals surface area contributed by atoms with Crippen LogP contribution in [0.15, 0.2) is 67.0 Å². The molecular formula is C22H22FN5O. The van der Waals surface area contributed by atoms with Crippen LogP contribution in [0.2, 0.25) is 0 Å². The smallest absolute Gasteiger partial charge is 0.270 e. The molecule has 0 radical (unpaired) electrons. The van der Waals surface area contributed by atoms with Gasteiger partial charge in [-0.3, -0.25) is 14.8 Å². The van der Waals surface area contributed by atoms with E-state index in [9.17, 15) is 9.18 Å². The third kappa shape index (κ3) is 4.51. The Morgan fingerprint density at radius 3 is 2.45 bits per heavy atom. The van der Waals surface area contributed by atoms with Crippen LogP contribution in [0.1, 0.15) is 16.2 Å². The van der Waals surface area contributed by atoms with Crippen molar-refractivity contribution < 1.29 is 9.18 Å². The van der Waals surface area contributed by atoms with Gasteiger partial charge >= 0.3 is 0 Å². The Bertz CT molecular complexity index is 974. The number of benzene rings is 1. The quantitative estimate of drug-likeness (QED) is 0.725. The molecule has 1 aliphatic heterocycles. The Hall–Kier alpha value is -3.48. The standard InChI is InChI=1S/C22H22FN5O/c23-19-6-1-2-7-21(19)28-13-11-27(12-14-28)18-8-10-25-20(15-18)22(29)26-16-17-5-3-4-9-24-17/h1-10,15H,11-14,16H2,(H,26,29). The lowest BCUT2D eigenvalue weighted by atomic mass is 10.2. The Morgan fingerprint density at radius 2 is 1.69 bits per heavy atom. The van der Waals surface area contributed by atoms with Crippen molar-refractivity contribution in [3.63, 3.8) is 0 Å². The number of pyridine rings is 2. The monoisotopic (exact) mass is 391 g/mol. The van der Waals surface area contributed by atoms with E-state index >= 15 is 0 Å². The van der Waals surface area contributed by atoms with Gasteiger partial charge in [-0.15, -0.1) is 0 Å². The first-order valence-electron chi connectivity index (χ1n) is 9.59. The second-order valence-corrected chi connectivity index (χ2v) is 6.83. The van der Waals surface area contributed by atoms with Crippen molar-refractivity contribution in [2.45, 2.75) is 6.54 Å². The number of amides is 1. The summed E-state index contributed by atoms with van der Waals surface area (Å²) in [6.45, 7) is 3.27. The molecule has 0 aliphatic carbocycles. The van der Waals surface area contributed by atoms with Gasteiger partial charge in [0, 0.05) is 44.3 Å². The molecule has 0 spiro atoms. The molecule has 1 aliphatic rings. The van der Waals surface area contributed by atoms with Crippen LogP contribution in [-0.4, -0.2) is 42.1 Å². The van der Waals surface area contributed by atoms with Crippen LogP contribution in [0.25, 0.3) is 0 Å². The van der Waals surface area contributed by atoms with E-state index in [1.165, 1.54) is 6.07 Å². The molecule has 0 unspecified atom stereocenters. The molecule has 4 rings (SSSR count). The summed E-state index contributed by atoms with van der Waals surface area (Å²) in [5, 5.41) is 2.85. The van der Waals surface area contributed by atoms with Crippen LogP contribution in [0.3, 0.4) is 0 Å². The molecule has 1 N–H and O–H groups in total. The Balaban J connectivity index is 1.38. The van der Waals surface area contributed by atoms with Gasteiger partial charge in [0.25, 0.3) is 5.91 Å². The summed E-state index contributed by atoms with van der Waals surface area (Å²) < 4.78 is 14.0. The number of anilines is 2. The minimum Gasteiger partial charge on any atom is -0.368 e. The maximum Gasteiger partial charge on any atom is 0.270 e. The number of carbonyl (C=O) groups excluding carboxylic acids is 1. The first-order valence-corrected chi connectivity index (χ1v) is 9.59. The first-order chi connectivity index (χ1) is 14.2. The average Bonchev–Trinajstić information content (AvgIpc) is 2.79. The van der Waals surface area contributed by atoms with Crippen molar-refractivity contribution in [2.24, 2.45) is 0 Å². The van der Waals surface area contributed by atoms with Gasteiger partial charge < -0.3 is 15.1 Å². The molecule has 1 amide bonds. The summed E-state index contributed by atoms with van der Waals surface area (Å²) in [7, 11) is 0. The van der Waals surface area contributed by atoms with Gasteiger partial charge in [-0.1, -0.05) is 18.2 Å². The number of hydrogen-bond acceptors (Lipinski definition) is 5. The highest BCUT2D eigenvalue weighted by atomic mass is 19.1. The van der Waals surface area contributed by atoms with Gasteiger partial charge in [0.15, 0.2) is 0 Å². The fraction of sp³-hybridized carbons (Fsp3) is 0.227. The molecule has 3 aromatic rings. The molecule has 2 aromatic heterocycles. The zero-order valence-electron chi connectivity index (χ0n) is 16.0. The van der Waals surface area contributed by atoms with Crippen LogP contribution in [0.4, 0.5) is 15.8 Å². The number of carbonyl (C=O) groups is 1. The largest absolute Gasteiger partial charge is 0.368 e. The van der Waals surface area contributed by atoms with Gasteiger partial charge in [0.1, 0.15) is 11.5 Å². The molecule has 1 fully saturated rings. The summed E-state index contributed by atoms with van der Waals surface area (Å²) in [6, 6.07) is 16.1. The molecule has 148 valence electrons. The molecule has 1 aromatic carbocycles. The summed E-state index contributed by atoms with van der Waals surface area (Å²) in [6.07, 6.45) is 3.34. The number of hydrogen-bond donors (Lipinski definition) is 1. The predicted molar refractivity (Wildman–Crippen MR) is 110 cm³/mol. The third-order valence-corrected chi connectivity index (χ3v) is 4.97. The highest BCUT2D eigenvalue weighted by molar-refractivity contribution is 5.93. The van der Waals surface area contributed by atoms with Gasteiger partial charge in [-0.05, 0) is 36.4 Å². The van der Waals surface area contributed by atoms with Crippen LogP contribution in [0.5, 0.6) is 0 Å². The molecule has 1 saturated heterocycles. The molecule has 29 heavy (non-hydrogen) atoms. The number of nitrogens with zero attached hydrogens (tertiary/aromatic N) is 4. The Labute approximate surface area is 169 Å². The topological polar surface area (TPSA) is 61.4 Å². The van der Waals surface area contributed by atoms with Crippen molar-refractivity contribution in [3.8, 4) is 0 Å². The van der Waals surface area contributed by atoms with E-state index in [0.717, 1.165) is 24.5 Å². The summed E-state index contributed by atoms with van der Waals surface area (Å²) in [4.78, 5) is 25.1. The van der Waals surface area contributed by atoms with Crippen LogP contribution < -0.4 is 15.1 Å². The molecule has 0 bridgehead atoms. The lowest BCUT2D eigenvalue weighted by Crippen LogP contribution is -2.46. The number of aromatic nitrogens is 2. The zero-order valence-corrected chi connectivity index (χ0v) is 16.0. The van der Waals surface area contributed by atoms with Crippen molar-refractivity contribution >= 4 is 17.3 Å².